The van der Waals surface area contributed by atoms with Crippen LogP contribution in [0.2, 0.25) is 0 Å². The molecule has 3 rings (SSSR count). The Balaban J connectivity index is 1.78. The summed E-state index contributed by atoms with van der Waals surface area (Å²) in [7, 11) is 0. The van der Waals surface area contributed by atoms with Crippen LogP contribution in [-0.4, -0.2) is 12.6 Å². The highest BCUT2D eigenvalue weighted by molar-refractivity contribution is 5.94. The topological polar surface area (TPSA) is 32.3 Å². The minimum absolute atomic E-state index is 0.126. The largest absolute Gasteiger partial charge is 0.329 e. The van der Waals surface area contributed by atoms with Crippen LogP contribution in [-0.2, 0) is 12.0 Å². The molecule has 2 aromatic carbocycles. The number of urea groups is 1. The molecule has 0 aliphatic carbocycles. The third kappa shape index (κ3) is 2.69. The van der Waals surface area contributed by atoms with Crippen LogP contribution in [0.25, 0.3) is 0 Å². The molecule has 0 spiro atoms. The van der Waals surface area contributed by atoms with Gasteiger partial charge in [-0.25, -0.2) is 9.18 Å². The van der Waals surface area contributed by atoms with Crippen LogP contribution >= 0.6 is 0 Å². The van der Waals surface area contributed by atoms with Crippen molar-refractivity contribution in [2.45, 2.75) is 25.8 Å². The third-order valence-electron chi connectivity index (χ3n) is 4.12. The lowest BCUT2D eigenvalue weighted by Gasteiger charge is -2.30. The van der Waals surface area contributed by atoms with Crippen LogP contribution in [0, 0.1) is 5.82 Å². The van der Waals surface area contributed by atoms with Gasteiger partial charge in [0.15, 0.2) is 0 Å². The summed E-state index contributed by atoms with van der Waals surface area (Å²) >= 11 is 0. The van der Waals surface area contributed by atoms with Crippen molar-refractivity contribution in [1.29, 1.82) is 0 Å². The second-order valence-electron chi connectivity index (χ2n) is 6.09. The highest BCUT2D eigenvalue weighted by Crippen LogP contribution is 2.28. The van der Waals surface area contributed by atoms with Crippen molar-refractivity contribution in [3.05, 3.63) is 65.5 Å². The molecular weight excluding hydrogens is 279 g/mol. The average Bonchev–Trinajstić information content (AvgIpc) is 2.91. The number of nitrogens with one attached hydrogen (secondary N) is 1. The standard InChI is InChI=1S/C18H19FN2O/c1-18(2,14-7-9-15(19)10-8-14)20-17(22)21-12-11-13-5-3-4-6-16(13)21/h3-10H,11-12H2,1-2H3,(H,20,22). The van der Waals surface area contributed by atoms with Gasteiger partial charge in [0.05, 0.1) is 5.54 Å². The van der Waals surface area contributed by atoms with E-state index in [1.807, 2.05) is 38.1 Å². The van der Waals surface area contributed by atoms with E-state index in [0.717, 1.165) is 17.7 Å². The Kier molecular flexibility index (Phi) is 3.61. The average molecular weight is 298 g/mol. The number of halogens is 1. The lowest BCUT2D eigenvalue weighted by atomic mass is 9.94. The number of amides is 2. The number of para-hydroxylation sites is 1. The predicted molar refractivity (Wildman–Crippen MR) is 85.4 cm³/mol. The van der Waals surface area contributed by atoms with E-state index in [0.29, 0.717) is 6.54 Å². The first-order chi connectivity index (χ1) is 10.5. The Morgan fingerprint density at radius 3 is 2.55 bits per heavy atom. The van der Waals surface area contributed by atoms with E-state index in [1.165, 1.54) is 17.7 Å². The van der Waals surface area contributed by atoms with E-state index in [1.54, 1.807) is 17.0 Å². The van der Waals surface area contributed by atoms with Crippen molar-refractivity contribution in [2.24, 2.45) is 0 Å². The first kappa shape index (κ1) is 14.6. The molecule has 2 aromatic rings. The second-order valence-corrected chi connectivity index (χ2v) is 6.09. The van der Waals surface area contributed by atoms with E-state index >= 15 is 0 Å². The Hall–Kier alpha value is -2.36. The van der Waals surface area contributed by atoms with E-state index in [-0.39, 0.29) is 11.8 Å². The number of benzene rings is 2. The summed E-state index contributed by atoms with van der Waals surface area (Å²) in [6.45, 7) is 4.52. The van der Waals surface area contributed by atoms with Gasteiger partial charge >= 0.3 is 6.03 Å². The number of hydrogen-bond donors (Lipinski definition) is 1. The van der Waals surface area contributed by atoms with Crippen molar-refractivity contribution in [1.82, 2.24) is 5.32 Å². The molecule has 114 valence electrons. The molecule has 0 unspecified atom stereocenters. The van der Waals surface area contributed by atoms with Crippen LogP contribution in [0.3, 0.4) is 0 Å². The highest BCUT2D eigenvalue weighted by Gasteiger charge is 2.29. The van der Waals surface area contributed by atoms with Crippen LogP contribution in [0.4, 0.5) is 14.9 Å². The molecule has 0 bridgehead atoms. The van der Waals surface area contributed by atoms with Crippen LogP contribution < -0.4 is 10.2 Å². The Labute approximate surface area is 129 Å². The lowest BCUT2D eigenvalue weighted by Crippen LogP contribution is -2.48. The van der Waals surface area contributed by atoms with Gasteiger partial charge in [-0.3, -0.25) is 4.90 Å². The monoisotopic (exact) mass is 298 g/mol. The van der Waals surface area contributed by atoms with E-state index in [2.05, 4.69) is 5.32 Å². The summed E-state index contributed by atoms with van der Waals surface area (Å²) in [5.41, 5.74) is 2.46. The molecule has 3 nitrogen and oxygen atoms in total. The van der Waals surface area contributed by atoms with Gasteiger partial charge in [-0.05, 0) is 49.6 Å². The summed E-state index contributed by atoms with van der Waals surface area (Å²) < 4.78 is 13.1. The van der Waals surface area contributed by atoms with Crippen molar-refractivity contribution in [2.75, 3.05) is 11.4 Å². The fraction of sp³-hybridized carbons (Fsp3) is 0.278. The van der Waals surface area contributed by atoms with Crippen LogP contribution in [0.15, 0.2) is 48.5 Å². The molecule has 22 heavy (non-hydrogen) atoms. The van der Waals surface area contributed by atoms with Crippen molar-refractivity contribution in [3.8, 4) is 0 Å². The molecule has 1 aliphatic rings. The first-order valence-corrected chi connectivity index (χ1v) is 7.41. The molecule has 2 amide bonds. The molecule has 0 fully saturated rings. The number of nitrogens with zero attached hydrogens (tertiary/aromatic N) is 1. The van der Waals surface area contributed by atoms with Gasteiger partial charge in [0.2, 0.25) is 0 Å². The number of rotatable bonds is 2. The van der Waals surface area contributed by atoms with Crippen molar-refractivity contribution in [3.63, 3.8) is 0 Å². The zero-order chi connectivity index (χ0) is 15.7. The number of fused-ring (bicyclic) bond motifs is 1. The molecule has 0 aromatic heterocycles. The van der Waals surface area contributed by atoms with Gasteiger partial charge in [-0.15, -0.1) is 0 Å². The third-order valence-corrected chi connectivity index (χ3v) is 4.12. The Morgan fingerprint density at radius 2 is 1.82 bits per heavy atom. The maximum absolute atomic E-state index is 13.1. The highest BCUT2D eigenvalue weighted by atomic mass is 19.1. The molecule has 0 saturated carbocycles. The smallest absolute Gasteiger partial charge is 0.322 e. The molecule has 1 aliphatic heterocycles. The molecule has 0 atom stereocenters. The quantitative estimate of drug-likeness (QED) is 0.898. The van der Waals surface area contributed by atoms with Gasteiger partial charge in [-0.2, -0.15) is 0 Å². The minimum atomic E-state index is -0.567. The van der Waals surface area contributed by atoms with Gasteiger partial charge < -0.3 is 5.32 Å². The molecule has 1 heterocycles. The Bertz CT molecular complexity index is 694. The zero-order valence-corrected chi connectivity index (χ0v) is 12.8. The van der Waals surface area contributed by atoms with Gasteiger partial charge in [0.1, 0.15) is 5.82 Å². The summed E-state index contributed by atoms with van der Waals surface area (Å²) in [6.07, 6.45) is 0.876. The minimum Gasteiger partial charge on any atom is -0.329 e. The van der Waals surface area contributed by atoms with E-state index < -0.39 is 5.54 Å². The fourth-order valence-corrected chi connectivity index (χ4v) is 2.82. The number of carbonyl (C=O) groups excluding carboxylic acids is 1. The van der Waals surface area contributed by atoms with Crippen molar-refractivity contribution < 1.29 is 9.18 Å². The van der Waals surface area contributed by atoms with Crippen molar-refractivity contribution >= 4 is 11.7 Å². The summed E-state index contributed by atoms with van der Waals surface area (Å²) in [4.78, 5) is 14.4. The molecular formula is C18H19FN2O. The van der Waals surface area contributed by atoms with Gasteiger partial charge in [0.25, 0.3) is 0 Å². The van der Waals surface area contributed by atoms with Crippen LogP contribution in [0.5, 0.6) is 0 Å². The maximum atomic E-state index is 13.1. The second kappa shape index (κ2) is 5.44. The molecule has 1 N–H and O–H groups in total. The SMILES string of the molecule is CC(C)(NC(=O)N1CCc2ccccc21)c1ccc(F)cc1. The molecule has 4 heteroatoms. The number of anilines is 1. The summed E-state index contributed by atoms with van der Waals surface area (Å²) in [5, 5.41) is 3.04. The maximum Gasteiger partial charge on any atom is 0.322 e. The summed E-state index contributed by atoms with van der Waals surface area (Å²) in [6, 6.07) is 14.0. The number of carbonyl (C=O) groups is 1. The predicted octanol–water partition coefficient (Wildman–Crippen LogP) is 3.83. The fourth-order valence-electron chi connectivity index (χ4n) is 2.82. The number of hydrogen-bond acceptors (Lipinski definition) is 1. The molecule has 0 radical (unpaired) electrons. The van der Waals surface area contributed by atoms with Gasteiger partial charge in [0, 0.05) is 12.2 Å². The lowest BCUT2D eigenvalue weighted by molar-refractivity contribution is 0.236. The zero-order valence-electron chi connectivity index (χ0n) is 12.8. The normalized spacial score (nSPS) is 13.9. The Morgan fingerprint density at radius 1 is 1.14 bits per heavy atom. The molecule has 0 saturated heterocycles. The van der Waals surface area contributed by atoms with E-state index in [9.17, 15) is 9.18 Å². The van der Waals surface area contributed by atoms with Crippen LogP contribution in [0.1, 0.15) is 25.0 Å². The van der Waals surface area contributed by atoms with E-state index in [4.69, 9.17) is 0 Å². The van der Waals surface area contributed by atoms with Gasteiger partial charge in [-0.1, -0.05) is 30.3 Å². The summed E-state index contributed by atoms with van der Waals surface area (Å²) in [5.74, 6) is -0.278. The first-order valence-electron chi connectivity index (χ1n) is 7.41.